The molecule has 18 heavy (non-hydrogen) atoms. The van der Waals surface area contributed by atoms with Gasteiger partial charge in [0.25, 0.3) is 11.6 Å². The number of alkyl halides is 1. The highest BCUT2D eigenvalue weighted by atomic mass is 79.9. The number of unbranched alkanes of at least 4 members (excludes halogenated alkanes) is 2. The van der Waals surface area contributed by atoms with Gasteiger partial charge in [-0.25, -0.2) is 0 Å². The highest BCUT2D eigenvalue weighted by Crippen LogP contribution is 2.11. The number of rotatable bonds is 7. The normalized spacial score (nSPS) is 10.1. The van der Waals surface area contributed by atoms with Crippen molar-refractivity contribution in [3.05, 3.63) is 39.9 Å². The van der Waals surface area contributed by atoms with Crippen LogP contribution in [0.15, 0.2) is 24.3 Å². The highest BCUT2D eigenvalue weighted by molar-refractivity contribution is 9.09. The van der Waals surface area contributed by atoms with Gasteiger partial charge in [-0.3, -0.25) is 14.9 Å². The van der Waals surface area contributed by atoms with Gasteiger partial charge in [0.15, 0.2) is 0 Å². The number of nitro benzene ring substituents is 1. The van der Waals surface area contributed by atoms with E-state index in [9.17, 15) is 14.9 Å². The Morgan fingerprint density at radius 3 is 2.44 bits per heavy atom. The molecule has 6 heteroatoms. The maximum Gasteiger partial charge on any atom is 0.269 e. The predicted molar refractivity (Wildman–Crippen MR) is 73.1 cm³/mol. The van der Waals surface area contributed by atoms with Gasteiger partial charge in [-0.05, 0) is 25.0 Å². The Labute approximate surface area is 114 Å². The third-order valence-corrected chi connectivity index (χ3v) is 3.00. The number of nitrogens with zero attached hydrogens (tertiary/aromatic N) is 1. The Balaban J connectivity index is 2.39. The Kier molecular flexibility index (Phi) is 6.35. The third-order valence-electron chi connectivity index (χ3n) is 2.44. The SMILES string of the molecule is O=C(NCCCCCBr)c1ccc([N+](=O)[O-])cc1. The van der Waals surface area contributed by atoms with Crippen molar-refractivity contribution in [2.45, 2.75) is 19.3 Å². The largest absolute Gasteiger partial charge is 0.352 e. The zero-order valence-corrected chi connectivity index (χ0v) is 11.5. The van der Waals surface area contributed by atoms with E-state index in [1.54, 1.807) is 0 Å². The first-order valence-electron chi connectivity index (χ1n) is 5.74. The molecule has 1 aromatic carbocycles. The molecular weight excluding hydrogens is 300 g/mol. The molecule has 0 spiro atoms. The molecule has 0 bridgehead atoms. The van der Waals surface area contributed by atoms with Gasteiger partial charge in [-0.15, -0.1) is 0 Å². The van der Waals surface area contributed by atoms with Gasteiger partial charge in [0.1, 0.15) is 0 Å². The van der Waals surface area contributed by atoms with Crippen molar-refractivity contribution in [2.75, 3.05) is 11.9 Å². The lowest BCUT2D eigenvalue weighted by atomic mass is 10.2. The van der Waals surface area contributed by atoms with Gasteiger partial charge in [-0.2, -0.15) is 0 Å². The average Bonchev–Trinajstić information content (AvgIpc) is 2.38. The number of nitrogens with one attached hydrogen (secondary N) is 1. The Morgan fingerprint density at radius 2 is 1.89 bits per heavy atom. The summed E-state index contributed by atoms with van der Waals surface area (Å²) in [6, 6.07) is 5.59. The topological polar surface area (TPSA) is 72.2 Å². The summed E-state index contributed by atoms with van der Waals surface area (Å²) in [5.41, 5.74) is 0.435. The van der Waals surface area contributed by atoms with Gasteiger partial charge in [0, 0.05) is 29.6 Å². The molecule has 0 aliphatic rings. The van der Waals surface area contributed by atoms with Crippen LogP contribution in [-0.4, -0.2) is 22.7 Å². The lowest BCUT2D eigenvalue weighted by Crippen LogP contribution is -2.24. The molecule has 0 radical (unpaired) electrons. The summed E-state index contributed by atoms with van der Waals surface area (Å²) in [4.78, 5) is 21.6. The molecule has 1 N–H and O–H groups in total. The fourth-order valence-electron chi connectivity index (χ4n) is 1.43. The Morgan fingerprint density at radius 1 is 1.22 bits per heavy atom. The van der Waals surface area contributed by atoms with Crippen LogP contribution in [0.2, 0.25) is 0 Å². The molecule has 0 atom stereocenters. The monoisotopic (exact) mass is 314 g/mol. The zero-order chi connectivity index (χ0) is 13.4. The van der Waals surface area contributed by atoms with Crippen molar-refractivity contribution in [1.29, 1.82) is 0 Å². The molecule has 0 fully saturated rings. The van der Waals surface area contributed by atoms with Gasteiger partial charge < -0.3 is 5.32 Å². The van der Waals surface area contributed by atoms with Crippen LogP contribution in [0.25, 0.3) is 0 Å². The van der Waals surface area contributed by atoms with E-state index in [0.29, 0.717) is 12.1 Å². The van der Waals surface area contributed by atoms with Crippen molar-refractivity contribution in [3.8, 4) is 0 Å². The van der Waals surface area contributed by atoms with Crippen LogP contribution >= 0.6 is 15.9 Å². The molecule has 1 rings (SSSR count). The quantitative estimate of drug-likeness (QED) is 0.364. The number of non-ortho nitro benzene ring substituents is 1. The number of hydrogen-bond donors (Lipinski definition) is 1. The fourth-order valence-corrected chi connectivity index (χ4v) is 1.83. The standard InChI is InChI=1S/C12H15BrN2O3/c13-8-2-1-3-9-14-12(16)10-4-6-11(7-5-10)15(17)18/h4-7H,1-3,8-9H2,(H,14,16). The molecule has 0 aliphatic heterocycles. The van der Waals surface area contributed by atoms with Crippen LogP contribution in [0.3, 0.4) is 0 Å². The molecular formula is C12H15BrN2O3. The smallest absolute Gasteiger partial charge is 0.269 e. The number of nitro groups is 1. The number of amides is 1. The molecule has 0 aromatic heterocycles. The number of carbonyl (C=O) groups excluding carboxylic acids is 1. The van der Waals surface area contributed by atoms with Crippen molar-refractivity contribution < 1.29 is 9.72 Å². The lowest BCUT2D eigenvalue weighted by Gasteiger charge is -2.04. The van der Waals surface area contributed by atoms with Crippen LogP contribution in [0.1, 0.15) is 29.6 Å². The summed E-state index contributed by atoms with van der Waals surface area (Å²) >= 11 is 3.34. The molecule has 1 aromatic rings. The van der Waals surface area contributed by atoms with E-state index in [2.05, 4.69) is 21.2 Å². The minimum absolute atomic E-state index is 0.0103. The van der Waals surface area contributed by atoms with Crippen molar-refractivity contribution in [3.63, 3.8) is 0 Å². The summed E-state index contributed by atoms with van der Waals surface area (Å²) in [5, 5.41) is 14.2. The molecule has 0 saturated heterocycles. The fraction of sp³-hybridized carbons (Fsp3) is 0.417. The molecule has 0 aliphatic carbocycles. The average molecular weight is 315 g/mol. The molecule has 0 unspecified atom stereocenters. The van der Waals surface area contributed by atoms with Gasteiger partial charge >= 0.3 is 0 Å². The van der Waals surface area contributed by atoms with Crippen LogP contribution in [0, 0.1) is 10.1 Å². The zero-order valence-electron chi connectivity index (χ0n) is 9.89. The first kappa shape index (κ1) is 14.6. The Bertz CT molecular complexity index is 406. The molecule has 1 amide bonds. The summed E-state index contributed by atoms with van der Waals surface area (Å²) in [6.07, 6.45) is 3.09. The molecule has 0 heterocycles. The summed E-state index contributed by atoms with van der Waals surface area (Å²) in [5.74, 6) is -0.191. The summed E-state index contributed by atoms with van der Waals surface area (Å²) < 4.78 is 0. The van der Waals surface area contributed by atoms with Gasteiger partial charge in [0.05, 0.1) is 4.92 Å². The first-order valence-corrected chi connectivity index (χ1v) is 6.86. The predicted octanol–water partition coefficient (Wildman–Crippen LogP) is 2.89. The number of benzene rings is 1. The lowest BCUT2D eigenvalue weighted by molar-refractivity contribution is -0.384. The van der Waals surface area contributed by atoms with Crippen LogP contribution < -0.4 is 5.32 Å². The second-order valence-corrected chi connectivity index (χ2v) is 4.60. The van der Waals surface area contributed by atoms with E-state index in [-0.39, 0.29) is 11.6 Å². The minimum Gasteiger partial charge on any atom is -0.352 e. The number of carbonyl (C=O) groups is 1. The van der Waals surface area contributed by atoms with Crippen LogP contribution in [0.5, 0.6) is 0 Å². The molecule has 0 saturated carbocycles. The van der Waals surface area contributed by atoms with E-state index in [1.165, 1.54) is 24.3 Å². The third kappa shape index (κ3) is 4.83. The Hall–Kier alpha value is -1.43. The van der Waals surface area contributed by atoms with Crippen molar-refractivity contribution in [2.24, 2.45) is 0 Å². The summed E-state index contributed by atoms with van der Waals surface area (Å²) in [6.45, 7) is 0.628. The van der Waals surface area contributed by atoms with E-state index in [0.717, 1.165) is 24.6 Å². The molecule has 98 valence electrons. The van der Waals surface area contributed by atoms with Crippen molar-refractivity contribution in [1.82, 2.24) is 5.32 Å². The van der Waals surface area contributed by atoms with E-state index >= 15 is 0 Å². The summed E-state index contributed by atoms with van der Waals surface area (Å²) in [7, 11) is 0. The van der Waals surface area contributed by atoms with E-state index < -0.39 is 4.92 Å². The number of halogens is 1. The van der Waals surface area contributed by atoms with Crippen LogP contribution in [-0.2, 0) is 0 Å². The second-order valence-electron chi connectivity index (χ2n) is 3.81. The van der Waals surface area contributed by atoms with Crippen molar-refractivity contribution >= 4 is 27.5 Å². The van der Waals surface area contributed by atoms with Crippen LogP contribution in [0.4, 0.5) is 5.69 Å². The maximum absolute atomic E-state index is 11.7. The maximum atomic E-state index is 11.7. The second kappa shape index (κ2) is 7.81. The highest BCUT2D eigenvalue weighted by Gasteiger charge is 2.08. The first-order chi connectivity index (χ1) is 8.65. The number of hydrogen-bond acceptors (Lipinski definition) is 3. The van der Waals surface area contributed by atoms with E-state index in [1.807, 2.05) is 0 Å². The van der Waals surface area contributed by atoms with E-state index in [4.69, 9.17) is 0 Å². The molecule has 5 nitrogen and oxygen atoms in total. The van der Waals surface area contributed by atoms with Gasteiger partial charge in [-0.1, -0.05) is 22.4 Å². The minimum atomic E-state index is -0.484. The van der Waals surface area contributed by atoms with Gasteiger partial charge in [0.2, 0.25) is 0 Å².